The number of β-lactam (4-membered cyclic amide) rings is 1. The Morgan fingerprint density at radius 2 is 1.92 bits per heavy atom. The highest BCUT2D eigenvalue weighted by Crippen LogP contribution is 2.40. The number of carboxylic acids is 2. The lowest BCUT2D eigenvalue weighted by Crippen LogP contribution is -2.71. The van der Waals surface area contributed by atoms with E-state index in [1.165, 1.54) is 35.2 Å². The Labute approximate surface area is 287 Å². The molecule has 0 saturated carbocycles. The molecule has 2 aromatic heterocycles. The molecule has 4 heterocycles. The molecule has 266 valence electrons. The van der Waals surface area contributed by atoms with Crippen LogP contribution >= 0.6 is 23.3 Å². The number of nitrogens with two attached hydrogens (primary N) is 4. The third-order valence-electron chi connectivity index (χ3n) is 7.49. The molecule has 0 bridgehead atoms. The number of oxime groups is 1. The topological polar surface area (TPSA) is 317 Å². The van der Waals surface area contributed by atoms with E-state index in [-0.39, 0.29) is 47.0 Å². The summed E-state index contributed by atoms with van der Waals surface area (Å²) >= 11 is 1.97. The number of aliphatic carboxylic acids is 2. The van der Waals surface area contributed by atoms with Gasteiger partial charge in [-0.25, -0.2) is 14.4 Å². The molecule has 4 rings (SSSR count). The minimum absolute atomic E-state index is 0.00282. The zero-order valence-corrected chi connectivity index (χ0v) is 28.4. The van der Waals surface area contributed by atoms with Crippen molar-refractivity contribution in [2.24, 2.45) is 23.7 Å². The average Bonchev–Trinajstić information content (AvgIpc) is 3.59. The molecular weight excluding hydrogens is 687 g/mol. The number of amides is 4. The third kappa shape index (κ3) is 7.84. The second-order valence-electron chi connectivity index (χ2n) is 11.3. The average molecular weight is 725 g/mol. The van der Waals surface area contributed by atoms with E-state index in [0.29, 0.717) is 31.6 Å². The predicted molar refractivity (Wildman–Crippen MR) is 177 cm³/mol. The van der Waals surface area contributed by atoms with Gasteiger partial charge in [-0.2, -0.15) is 9.36 Å². The predicted octanol–water partition coefficient (Wildman–Crippen LogP) is -2.51. The summed E-state index contributed by atoms with van der Waals surface area (Å²) in [5, 5.41) is 27.7. The van der Waals surface area contributed by atoms with Crippen LogP contribution in [0.5, 0.6) is 0 Å². The van der Waals surface area contributed by atoms with Crippen LogP contribution in [0.2, 0.25) is 0 Å². The highest BCUT2D eigenvalue weighted by Gasteiger charge is 2.55. The van der Waals surface area contributed by atoms with E-state index in [2.05, 4.69) is 25.1 Å². The fraction of sp³-hybridized carbons (Fsp3) is 0.500. The van der Waals surface area contributed by atoms with E-state index in [0.717, 1.165) is 16.4 Å². The minimum atomic E-state index is -1.82. The Morgan fingerprint density at radius 3 is 2.51 bits per heavy atom. The third-order valence-corrected chi connectivity index (χ3v) is 9.37. The number of carbonyl (C=O) groups excluding carboxylic acids is 3. The summed E-state index contributed by atoms with van der Waals surface area (Å²) in [5.74, 6) is -4.30. The minimum Gasteiger partial charge on any atom is -0.478 e. The SMILES string of the molecule is Cn1c(N)c(NC(=O)N(CCN)CCCN)c[n+]1CC1=C(C(=O)O)N2C(=O)[C@@H](NC(=O)/C(=N\OC(C)(C)C(=O)O)c3nsc(N)n3)C2SC1. The Hall–Kier alpha value is -5.00. The Balaban J connectivity index is 1.53. The quantitative estimate of drug-likeness (QED) is 0.0407. The first-order valence-corrected chi connectivity index (χ1v) is 16.5. The van der Waals surface area contributed by atoms with Gasteiger partial charge in [-0.15, -0.1) is 21.1 Å². The zero-order valence-electron chi connectivity index (χ0n) is 26.8. The lowest BCUT2D eigenvalue weighted by Gasteiger charge is -2.49. The van der Waals surface area contributed by atoms with Crippen LogP contribution in [0.3, 0.4) is 0 Å². The summed E-state index contributed by atoms with van der Waals surface area (Å²) in [7, 11) is 1.63. The lowest BCUT2D eigenvalue weighted by atomic mass is 10.0. The molecule has 1 fully saturated rings. The largest absolute Gasteiger partial charge is 0.478 e. The maximum Gasteiger partial charge on any atom is 0.352 e. The van der Waals surface area contributed by atoms with Crippen LogP contribution in [0, 0.1) is 0 Å². The Kier molecular flexibility index (Phi) is 11.3. The lowest BCUT2D eigenvalue weighted by molar-refractivity contribution is -0.765. The van der Waals surface area contributed by atoms with Gasteiger partial charge in [0.1, 0.15) is 17.1 Å². The van der Waals surface area contributed by atoms with E-state index in [4.69, 9.17) is 27.8 Å². The number of hydrogen-bond acceptors (Lipinski definition) is 15. The molecular formula is C26H38N13O8S2+. The highest BCUT2D eigenvalue weighted by atomic mass is 32.2. The van der Waals surface area contributed by atoms with Crippen molar-refractivity contribution >= 4 is 75.4 Å². The maximum absolute atomic E-state index is 13.4. The molecule has 0 radical (unpaired) electrons. The molecule has 0 aromatic carbocycles. The number of nitrogen functional groups attached to an aromatic ring is 2. The molecule has 1 unspecified atom stereocenters. The van der Waals surface area contributed by atoms with Crippen molar-refractivity contribution in [3.63, 3.8) is 0 Å². The van der Waals surface area contributed by atoms with Crippen molar-refractivity contribution in [2.45, 2.75) is 43.8 Å². The zero-order chi connectivity index (χ0) is 36.2. The maximum atomic E-state index is 13.4. The summed E-state index contributed by atoms with van der Waals surface area (Å²) in [6.07, 6.45) is 2.13. The van der Waals surface area contributed by atoms with Gasteiger partial charge in [-0.05, 0) is 26.8 Å². The molecule has 0 aliphatic carbocycles. The van der Waals surface area contributed by atoms with Crippen molar-refractivity contribution in [3.8, 4) is 0 Å². The summed E-state index contributed by atoms with van der Waals surface area (Å²) in [6, 6.07) is -1.60. The number of carboxylic acid groups (broad SMARTS) is 2. The molecule has 2 aliphatic rings. The van der Waals surface area contributed by atoms with Crippen molar-refractivity contribution in [1.29, 1.82) is 0 Å². The van der Waals surface area contributed by atoms with Crippen LogP contribution in [0.15, 0.2) is 22.6 Å². The normalized spacial score (nSPS) is 17.7. The monoisotopic (exact) mass is 724 g/mol. The standard InChI is InChI=1S/C26H37N13O8S2/c1-26(2,23(44)45)47-34-14(18-33-24(30)49-35-18)19(40)32-15-20(41)39-16(22(42)43)12(11-48-21(15)39)9-38-10-13(17(29)36(38)3)31-25(46)37(8-6-28)7-4-5-27/h10,15,21,29H,4-9,11,27-28H2,1-3H3,(H6,30,31,32,33,35,40,42,43,44,45,46)/p+1/b34-14-/t15-,21?/m1/s1. The molecule has 49 heavy (non-hydrogen) atoms. The van der Waals surface area contributed by atoms with Gasteiger partial charge in [0.2, 0.25) is 23.3 Å². The van der Waals surface area contributed by atoms with Gasteiger partial charge in [0, 0.05) is 42.5 Å². The van der Waals surface area contributed by atoms with Crippen LogP contribution < -0.4 is 38.3 Å². The summed E-state index contributed by atoms with van der Waals surface area (Å²) in [6.45, 7) is 3.76. The van der Waals surface area contributed by atoms with Gasteiger partial charge < -0.3 is 48.2 Å². The number of nitrogens with one attached hydrogen (secondary N) is 2. The summed E-state index contributed by atoms with van der Waals surface area (Å²) in [4.78, 5) is 75.1. The van der Waals surface area contributed by atoms with E-state index in [9.17, 15) is 34.2 Å². The fourth-order valence-electron chi connectivity index (χ4n) is 4.73. The van der Waals surface area contributed by atoms with Gasteiger partial charge >= 0.3 is 18.0 Å². The second kappa shape index (κ2) is 15.0. The molecule has 23 heteroatoms. The van der Waals surface area contributed by atoms with E-state index >= 15 is 0 Å². The number of fused-ring (bicyclic) bond motifs is 1. The first kappa shape index (κ1) is 36.8. The number of hydrogen-bond donors (Lipinski definition) is 8. The molecule has 2 aromatic rings. The van der Waals surface area contributed by atoms with Crippen LogP contribution in [0.1, 0.15) is 26.1 Å². The number of anilines is 3. The number of aromatic nitrogens is 4. The van der Waals surface area contributed by atoms with Crippen molar-refractivity contribution < 1.29 is 43.7 Å². The second-order valence-corrected chi connectivity index (χ2v) is 13.2. The highest BCUT2D eigenvalue weighted by molar-refractivity contribution is 8.00. The molecule has 2 atom stereocenters. The van der Waals surface area contributed by atoms with Crippen LogP contribution in [0.4, 0.5) is 21.4 Å². The van der Waals surface area contributed by atoms with Crippen molar-refractivity contribution in [1.82, 2.24) is 29.2 Å². The number of urea groups is 1. The number of rotatable bonds is 15. The summed E-state index contributed by atoms with van der Waals surface area (Å²) in [5.41, 5.74) is 21.2. The van der Waals surface area contributed by atoms with Gasteiger partial charge in [0.15, 0.2) is 23.2 Å². The van der Waals surface area contributed by atoms with Gasteiger partial charge in [0.05, 0.1) is 7.05 Å². The number of thioether (sulfide) groups is 1. The molecule has 4 amide bonds. The van der Waals surface area contributed by atoms with Crippen molar-refractivity contribution in [2.75, 3.05) is 48.7 Å². The van der Waals surface area contributed by atoms with E-state index < -0.39 is 52.5 Å². The Bertz CT molecular complexity index is 1700. The van der Waals surface area contributed by atoms with E-state index in [1.807, 2.05) is 0 Å². The van der Waals surface area contributed by atoms with Gasteiger partial charge in [-0.3, -0.25) is 19.8 Å². The smallest absolute Gasteiger partial charge is 0.352 e. The van der Waals surface area contributed by atoms with Gasteiger partial charge in [0.25, 0.3) is 11.8 Å². The Morgan fingerprint density at radius 1 is 1.20 bits per heavy atom. The molecule has 2 aliphatic heterocycles. The van der Waals surface area contributed by atoms with E-state index in [1.54, 1.807) is 17.9 Å². The first-order chi connectivity index (χ1) is 23.1. The first-order valence-electron chi connectivity index (χ1n) is 14.7. The number of carbonyl (C=O) groups is 5. The fourth-order valence-corrected chi connectivity index (χ4v) is 6.50. The van der Waals surface area contributed by atoms with Crippen LogP contribution in [-0.2, 0) is 37.6 Å². The molecule has 1 saturated heterocycles. The summed E-state index contributed by atoms with van der Waals surface area (Å²) < 4.78 is 7.05. The molecule has 0 spiro atoms. The van der Waals surface area contributed by atoms with Gasteiger partial charge in [-0.1, -0.05) is 5.16 Å². The van der Waals surface area contributed by atoms with Crippen LogP contribution in [-0.4, -0.2) is 118 Å². The number of nitrogens with zero attached hydrogens (tertiary/aromatic N) is 7. The molecule has 21 nitrogen and oxygen atoms in total. The molecule has 12 N–H and O–H groups in total. The van der Waals surface area contributed by atoms with Crippen LogP contribution in [0.25, 0.3) is 0 Å². The van der Waals surface area contributed by atoms with Crippen molar-refractivity contribution in [3.05, 3.63) is 23.3 Å².